The van der Waals surface area contributed by atoms with Crippen molar-refractivity contribution in [3.63, 3.8) is 0 Å². The van der Waals surface area contributed by atoms with E-state index in [1.54, 1.807) is 7.05 Å². The zero-order chi connectivity index (χ0) is 16.7. The van der Waals surface area contributed by atoms with Gasteiger partial charge in [0.05, 0.1) is 12.8 Å². The third-order valence-electron chi connectivity index (χ3n) is 3.22. The summed E-state index contributed by atoms with van der Waals surface area (Å²) >= 11 is 0. The second-order valence-corrected chi connectivity index (χ2v) is 4.98. The molecule has 120 valence electrons. The summed E-state index contributed by atoms with van der Waals surface area (Å²) in [5.41, 5.74) is 1.05. The maximum atomic E-state index is 12.4. The van der Waals surface area contributed by atoms with Crippen molar-refractivity contribution in [2.24, 2.45) is 0 Å². The number of carbonyl (C=O) groups is 2. The summed E-state index contributed by atoms with van der Waals surface area (Å²) in [6, 6.07) is 8.42. The molecule has 2 aromatic rings. The summed E-state index contributed by atoms with van der Waals surface area (Å²) in [5.74, 6) is -0.938. The number of nitrogens with zero attached hydrogens (tertiary/aromatic N) is 3. The highest BCUT2D eigenvalue weighted by atomic mass is 16.3. The molecule has 7 nitrogen and oxygen atoms in total. The number of nitrogens with one attached hydrogen (secondary N) is 1. The van der Waals surface area contributed by atoms with Gasteiger partial charge in [-0.3, -0.25) is 14.6 Å². The van der Waals surface area contributed by atoms with Gasteiger partial charge < -0.3 is 15.3 Å². The van der Waals surface area contributed by atoms with Crippen molar-refractivity contribution in [3.05, 3.63) is 60.2 Å². The van der Waals surface area contributed by atoms with Gasteiger partial charge in [0.15, 0.2) is 0 Å². The van der Waals surface area contributed by atoms with E-state index in [9.17, 15) is 14.7 Å². The van der Waals surface area contributed by atoms with Crippen molar-refractivity contribution in [2.75, 3.05) is 13.7 Å². The van der Waals surface area contributed by atoms with Crippen LogP contribution < -0.4 is 5.32 Å². The van der Waals surface area contributed by atoms with E-state index >= 15 is 0 Å². The molecule has 1 atom stereocenters. The van der Waals surface area contributed by atoms with E-state index in [1.165, 1.54) is 23.5 Å². The van der Waals surface area contributed by atoms with Crippen molar-refractivity contribution in [3.8, 4) is 0 Å². The van der Waals surface area contributed by atoms with E-state index in [1.807, 2.05) is 30.3 Å². The van der Waals surface area contributed by atoms with Crippen LogP contribution in [0.2, 0.25) is 0 Å². The molecule has 0 aliphatic heterocycles. The number of rotatable bonds is 6. The molecule has 1 unspecified atom stereocenters. The minimum Gasteiger partial charge on any atom is -0.394 e. The Labute approximate surface area is 134 Å². The number of hydrogen-bond donors (Lipinski definition) is 2. The SMILES string of the molecule is CN(Cc1ccccc1)C(=O)C(CO)NC(=O)c1cnccn1. The van der Waals surface area contributed by atoms with Gasteiger partial charge in [-0.05, 0) is 5.56 Å². The fourth-order valence-electron chi connectivity index (χ4n) is 2.04. The fourth-order valence-corrected chi connectivity index (χ4v) is 2.04. The minimum absolute atomic E-state index is 0.0875. The Bertz CT molecular complexity index is 649. The topological polar surface area (TPSA) is 95.4 Å². The smallest absolute Gasteiger partial charge is 0.272 e. The Balaban J connectivity index is 1.99. The van der Waals surface area contributed by atoms with E-state index in [4.69, 9.17) is 0 Å². The second-order valence-electron chi connectivity index (χ2n) is 4.98. The quantitative estimate of drug-likeness (QED) is 0.795. The van der Waals surface area contributed by atoms with Gasteiger partial charge >= 0.3 is 0 Å². The number of aromatic nitrogens is 2. The van der Waals surface area contributed by atoms with Crippen molar-refractivity contribution < 1.29 is 14.7 Å². The van der Waals surface area contributed by atoms with Crippen LogP contribution in [0.3, 0.4) is 0 Å². The number of carbonyl (C=O) groups excluding carboxylic acids is 2. The first-order valence-electron chi connectivity index (χ1n) is 7.08. The van der Waals surface area contributed by atoms with Crippen molar-refractivity contribution in [1.29, 1.82) is 0 Å². The summed E-state index contributed by atoms with van der Waals surface area (Å²) < 4.78 is 0. The molecule has 0 spiro atoms. The molecule has 0 aliphatic carbocycles. The zero-order valence-electron chi connectivity index (χ0n) is 12.7. The lowest BCUT2D eigenvalue weighted by Gasteiger charge is -2.23. The predicted molar refractivity (Wildman–Crippen MR) is 83.3 cm³/mol. The van der Waals surface area contributed by atoms with Crippen LogP contribution in [0.1, 0.15) is 16.1 Å². The van der Waals surface area contributed by atoms with Gasteiger partial charge in [0.1, 0.15) is 11.7 Å². The third-order valence-corrected chi connectivity index (χ3v) is 3.22. The van der Waals surface area contributed by atoms with E-state index < -0.39 is 18.6 Å². The third kappa shape index (κ3) is 4.58. The Morgan fingerprint density at radius 3 is 2.61 bits per heavy atom. The zero-order valence-corrected chi connectivity index (χ0v) is 12.7. The standard InChI is InChI=1S/C16H18N4O3/c1-20(10-12-5-3-2-4-6-12)16(23)14(11-21)19-15(22)13-9-17-7-8-18-13/h2-9,14,21H,10-11H2,1H3,(H,19,22). The summed E-state index contributed by atoms with van der Waals surface area (Å²) in [5, 5.41) is 11.9. The highest BCUT2D eigenvalue weighted by Gasteiger charge is 2.24. The molecule has 0 saturated carbocycles. The maximum absolute atomic E-state index is 12.4. The lowest BCUT2D eigenvalue weighted by Crippen LogP contribution is -2.49. The largest absolute Gasteiger partial charge is 0.394 e. The van der Waals surface area contributed by atoms with Gasteiger partial charge in [-0.1, -0.05) is 30.3 Å². The van der Waals surface area contributed by atoms with Gasteiger partial charge in [0.25, 0.3) is 5.91 Å². The van der Waals surface area contributed by atoms with Crippen LogP contribution in [0, 0.1) is 0 Å². The molecular weight excluding hydrogens is 296 g/mol. The molecule has 0 fully saturated rings. The van der Waals surface area contributed by atoms with Gasteiger partial charge in [-0.25, -0.2) is 4.98 Å². The van der Waals surface area contributed by atoms with Gasteiger partial charge in [0.2, 0.25) is 5.91 Å². The molecule has 1 aromatic carbocycles. The van der Waals surface area contributed by atoms with E-state index in [0.29, 0.717) is 6.54 Å². The Kier molecular flexibility index (Phi) is 5.76. The van der Waals surface area contributed by atoms with E-state index in [-0.39, 0.29) is 11.6 Å². The molecule has 1 heterocycles. The van der Waals surface area contributed by atoms with Crippen LogP contribution in [0.15, 0.2) is 48.9 Å². The molecule has 2 amide bonds. The first kappa shape index (κ1) is 16.6. The number of aliphatic hydroxyl groups excluding tert-OH is 1. The molecule has 0 bridgehead atoms. The molecule has 7 heteroatoms. The molecule has 0 radical (unpaired) electrons. The fraction of sp³-hybridized carbons (Fsp3) is 0.250. The lowest BCUT2D eigenvalue weighted by molar-refractivity contribution is -0.133. The van der Waals surface area contributed by atoms with Gasteiger partial charge in [-0.15, -0.1) is 0 Å². The number of aliphatic hydroxyl groups is 1. The molecule has 0 saturated heterocycles. The predicted octanol–water partition coefficient (Wildman–Crippen LogP) is 0.226. The highest BCUT2D eigenvalue weighted by molar-refractivity contribution is 5.95. The first-order valence-corrected chi connectivity index (χ1v) is 7.08. The number of amides is 2. The number of benzene rings is 1. The molecule has 0 aliphatic rings. The lowest BCUT2D eigenvalue weighted by atomic mass is 10.2. The molecule has 2 N–H and O–H groups in total. The van der Waals surface area contributed by atoms with Crippen molar-refractivity contribution in [1.82, 2.24) is 20.2 Å². The van der Waals surface area contributed by atoms with Crippen molar-refractivity contribution in [2.45, 2.75) is 12.6 Å². The summed E-state index contributed by atoms with van der Waals surface area (Å²) in [6.45, 7) is -0.110. The van der Waals surface area contributed by atoms with Crippen LogP contribution >= 0.6 is 0 Å². The Morgan fingerprint density at radius 1 is 1.26 bits per heavy atom. The van der Waals surface area contributed by atoms with Gasteiger partial charge in [0, 0.05) is 26.0 Å². The molecule has 1 aromatic heterocycles. The summed E-state index contributed by atoms with van der Waals surface area (Å²) in [6.07, 6.45) is 4.12. The van der Waals surface area contributed by atoms with Crippen molar-refractivity contribution >= 4 is 11.8 Å². The normalized spacial score (nSPS) is 11.6. The van der Waals surface area contributed by atoms with Crippen LogP contribution in [-0.2, 0) is 11.3 Å². The van der Waals surface area contributed by atoms with E-state index in [2.05, 4.69) is 15.3 Å². The first-order chi connectivity index (χ1) is 11.1. The van der Waals surface area contributed by atoms with Gasteiger partial charge in [-0.2, -0.15) is 0 Å². The summed E-state index contributed by atoms with van der Waals surface area (Å²) in [4.78, 5) is 33.5. The van der Waals surface area contributed by atoms with Crippen LogP contribution in [-0.4, -0.2) is 51.5 Å². The average molecular weight is 314 g/mol. The Hall–Kier alpha value is -2.80. The van der Waals surface area contributed by atoms with E-state index in [0.717, 1.165) is 5.56 Å². The number of hydrogen-bond acceptors (Lipinski definition) is 5. The Morgan fingerprint density at radius 2 is 2.00 bits per heavy atom. The number of likely N-dealkylation sites (N-methyl/N-ethyl adjacent to an activating group) is 1. The molecule has 2 rings (SSSR count). The summed E-state index contributed by atoms with van der Waals surface area (Å²) in [7, 11) is 1.62. The second kappa shape index (κ2) is 8.00. The average Bonchev–Trinajstić information content (AvgIpc) is 2.60. The monoisotopic (exact) mass is 314 g/mol. The van der Waals surface area contributed by atoms with Crippen LogP contribution in [0.25, 0.3) is 0 Å². The van der Waals surface area contributed by atoms with Crippen LogP contribution in [0.5, 0.6) is 0 Å². The maximum Gasteiger partial charge on any atom is 0.272 e. The minimum atomic E-state index is -1.03. The molecule has 23 heavy (non-hydrogen) atoms. The molecular formula is C16H18N4O3. The van der Waals surface area contributed by atoms with Crippen LogP contribution in [0.4, 0.5) is 0 Å². The highest BCUT2D eigenvalue weighted by Crippen LogP contribution is 2.04.